The molecule has 1 aromatic carbocycles. The average Bonchev–Trinajstić information content (AvgIpc) is 3.26. The molecule has 1 amide bonds. The standard InChI is InChI=1S/C20H25F2N7O2S/c1-23-4-2-3-19(31)27-5-7-28(8-6-27)20-16(21)9-15(10-17(20)22)29-12-14(25-26-29)11-24-18(32)13-30/h9-10,12-13,23H,2-8,11H2,1H3,(H,24,32). The third-order valence-corrected chi connectivity index (χ3v) is 5.36. The van der Waals surface area contributed by atoms with Crippen molar-refractivity contribution in [2.45, 2.75) is 19.4 Å². The lowest BCUT2D eigenvalue weighted by molar-refractivity contribution is -0.131. The van der Waals surface area contributed by atoms with E-state index in [1.165, 1.54) is 23.0 Å². The highest BCUT2D eigenvalue weighted by Gasteiger charge is 2.25. The van der Waals surface area contributed by atoms with Gasteiger partial charge in [0.2, 0.25) is 5.91 Å². The van der Waals surface area contributed by atoms with Gasteiger partial charge in [-0.3, -0.25) is 9.59 Å². The molecule has 1 aromatic heterocycles. The van der Waals surface area contributed by atoms with Crippen molar-refractivity contribution in [3.63, 3.8) is 0 Å². The molecule has 0 aliphatic carbocycles. The Hall–Kier alpha value is -2.99. The van der Waals surface area contributed by atoms with Crippen LogP contribution in [0.4, 0.5) is 14.5 Å². The number of piperazine rings is 1. The number of thiocarbonyl (C=S) groups is 1. The molecule has 9 nitrogen and oxygen atoms in total. The molecule has 0 spiro atoms. The number of benzene rings is 1. The molecule has 32 heavy (non-hydrogen) atoms. The van der Waals surface area contributed by atoms with Gasteiger partial charge in [-0.2, -0.15) is 0 Å². The number of amides is 1. The highest BCUT2D eigenvalue weighted by Crippen LogP contribution is 2.27. The molecule has 0 saturated carbocycles. The molecule has 1 aliphatic heterocycles. The predicted octanol–water partition coefficient (Wildman–Crippen LogP) is 0.810. The summed E-state index contributed by atoms with van der Waals surface area (Å²) in [4.78, 5) is 26.2. The van der Waals surface area contributed by atoms with Gasteiger partial charge < -0.3 is 20.4 Å². The molecule has 0 bridgehead atoms. The number of aromatic nitrogens is 3. The molecule has 2 N–H and O–H groups in total. The molecule has 172 valence electrons. The highest BCUT2D eigenvalue weighted by atomic mass is 32.1. The number of hydrogen-bond donors (Lipinski definition) is 2. The van der Waals surface area contributed by atoms with Gasteiger partial charge in [0.05, 0.1) is 18.4 Å². The number of carbonyl (C=O) groups is 2. The van der Waals surface area contributed by atoms with Crippen molar-refractivity contribution in [1.82, 2.24) is 30.5 Å². The van der Waals surface area contributed by atoms with E-state index in [-0.39, 0.29) is 28.8 Å². The van der Waals surface area contributed by atoms with Crippen LogP contribution in [0.3, 0.4) is 0 Å². The Kier molecular flexibility index (Phi) is 8.17. The van der Waals surface area contributed by atoms with Gasteiger partial charge in [-0.1, -0.05) is 17.4 Å². The topological polar surface area (TPSA) is 95.4 Å². The van der Waals surface area contributed by atoms with Crippen LogP contribution in [-0.4, -0.2) is 76.8 Å². The van der Waals surface area contributed by atoms with E-state index in [9.17, 15) is 18.4 Å². The van der Waals surface area contributed by atoms with Gasteiger partial charge in [0.1, 0.15) is 16.4 Å². The first kappa shape index (κ1) is 23.7. The van der Waals surface area contributed by atoms with Gasteiger partial charge >= 0.3 is 0 Å². The maximum absolute atomic E-state index is 14.8. The summed E-state index contributed by atoms with van der Waals surface area (Å²) in [6, 6.07) is 2.38. The van der Waals surface area contributed by atoms with E-state index in [1.54, 1.807) is 9.80 Å². The minimum Gasteiger partial charge on any atom is -0.368 e. The van der Waals surface area contributed by atoms with E-state index in [0.29, 0.717) is 44.6 Å². The van der Waals surface area contributed by atoms with Crippen LogP contribution in [0.1, 0.15) is 18.5 Å². The average molecular weight is 466 g/mol. The zero-order chi connectivity index (χ0) is 23.1. The van der Waals surface area contributed by atoms with Crippen molar-refractivity contribution >= 4 is 35.1 Å². The highest BCUT2D eigenvalue weighted by molar-refractivity contribution is 7.81. The van der Waals surface area contributed by atoms with Crippen molar-refractivity contribution < 1.29 is 18.4 Å². The third-order valence-electron chi connectivity index (χ3n) is 5.12. The zero-order valence-electron chi connectivity index (χ0n) is 17.7. The van der Waals surface area contributed by atoms with Crippen molar-refractivity contribution in [3.8, 4) is 5.69 Å². The first-order chi connectivity index (χ1) is 15.4. The molecular formula is C20H25F2N7O2S. The lowest BCUT2D eigenvalue weighted by Gasteiger charge is -2.36. The molecule has 12 heteroatoms. The van der Waals surface area contributed by atoms with Gasteiger partial charge in [0.15, 0.2) is 17.9 Å². The van der Waals surface area contributed by atoms with E-state index in [0.717, 1.165) is 13.0 Å². The van der Waals surface area contributed by atoms with E-state index >= 15 is 0 Å². The lowest BCUT2D eigenvalue weighted by atomic mass is 10.2. The SMILES string of the molecule is CNCCCC(=O)N1CCN(c2c(F)cc(-n3cc(CNC(=S)C=O)nn3)cc2F)CC1. The molecule has 0 atom stereocenters. The van der Waals surface area contributed by atoms with Crippen LogP contribution in [0.15, 0.2) is 18.3 Å². The number of hydrogen-bond acceptors (Lipinski definition) is 7. The number of anilines is 1. The molecule has 0 radical (unpaired) electrons. The Bertz CT molecular complexity index is 954. The smallest absolute Gasteiger partial charge is 0.222 e. The molecule has 0 unspecified atom stereocenters. The van der Waals surface area contributed by atoms with Crippen LogP contribution in [0.5, 0.6) is 0 Å². The summed E-state index contributed by atoms with van der Waals surface area (Å²) >= 11 is 4.75. The van der Waals surface area contributed by atoms with Gasteiger partial charge in [-0.15, -0.1) is 5.10 Å². The Morgan fingerprint density at radius 3 is 2.53 bits per heavy atom. The fourth-order valence-electron chi connectivity index (χ4n) is 3.47. The van der Waals surface area contributed by atoms with Crippen LogP contribution in [-0.2, 0) is 16.1 Å². The van der Waals surface area contributed by atoms with Crippen molar-refractivity contribution in [3.05, 3.63) is 35.7 Å². The summed E-state index contributed by atoms with van der Waals surface area (Å²) < 4.78 is 30.9. The fraction of sp³-hybridized carbons (Fsp3) is 0.450. The summed E-state index contributed by atoms with van der Waals surface area (Å²) in [6.45, 7) is 2.46. The molecule has 1 fully saturated rings. The van der Waals surface area contributed by atoms with Crippen molar-refractivity contribution in [2.24, 2.45) is 0 Å². The van der Waals surface area contributed by atoms with E-state index in [2.05, 4.69) is 20.9 Å². The molecular weight excluding hydrogens is 440 g/mol. The van der Waals surface area contributed by atoms with Gasteiger partial charge in [-0.05, 0) is 20.0 Å². The maximum Gasteiger partial charge on any atom is 0.222 e. The Morgan fingerprint density at radius 2 is 1.91 bits per heavy atom. The Morgan fingerprint density at radius 1 is 1.22 bits per heavy atom. The number of nitrogens with zero attached hydrogens (tertiary/aromatic N) is 5. The van der Waals surface area contributed by atoms with Gasteiger partial charge in [0.25, 0.3) is 0 Å². The monoisotopic (exact) mass is 465 g/mol. The maximum atomic E-state index is 14.8. The normalized spacial score (nSPS) is 13.8. The second-order valence-corrected chi connectivity index (χ2v) is 7.76. The predicted molar refractivity (Wildman–Crippen MR) is 119 cm³/mol. The minimum absolute atomic E-state index is 0.0285. The van der Waals surface area contributed by atoms with E-state index in [1.807, 2.05) is 7.05 Å². The van der Waals surface area contributed by atoms with Crippen molar-refractivity contribution in [2.75, 3.05) is 44.7 Å². The second kappa shape index (κ2) is 11.0. The number of carbonyl (C=O) groups excluding carboxylic acids is 2. The molecule has 1 aliphatic rings. The number of halogens is 2. The Balaban J connectivity index is 1.64. The second-order valence-electron chi connectivity index (χ2n) is 7.32. The first-order valence-electron chi connectivity index (χ1n) is 10.2. The third kappa shape index (κ3) is 5.82. The zero-order valence-corrected chi connectivity index (χ0v) is 18.5. The Labute approximate surface area is 189 Å². The van der Waals surface area contributed by atoms with Crippen LogP contribution >= 0.6 is 12.2 Å². The lowest BCUT2D eigenvalue weighted by Crippen LogP contribution is -2.49. The number of nitrogens with one attached hydrogen (secondary N) is 2. The summed E-state index contributed by atoms with van der Waals surface area (Å²) in [5, 5.41) is 13.5. The molecule has 2 aromatic rings. The number of rotatable bonds is 9. The van der Waals surface area contributed by atoms with Crippen molar-refractivity contribution in [1.29, 1.82) is 0 Å². The van der Waals surface area contributed by atoms with Crippen LogP contribution in [0, 0.1) is 11.6 Å². The van der Waals surface area contributed by atoms with E-state index in [4.69, 9.17) is 12.2 Å². The van der Waals surface area contributed by atoms with E-state index < -0.39 is 11.6 Å². The largest absolute Gasteiger partial charge is 0.368 e. The van der Waals surface area contributed by atoms with Crippen LogP contribution < -0.4 is 15.5 Å². The summed E-state index contributed by atoms with van der Waals surface area (Å²) in [6.07, 6.45) is 3.20. The molecule has 2 heterocycles. The quantitative estimate of drug-likeness (QED) is 0.319. The van der Waals surface area contributed by atoms with Crippen LogP contribution in [0.2, 0.25) is 0 Å². The number of aldehydes is 1. The summed E-state index contributed by atoms with van der Waals surface area (Å²) in [5.41, 5.74) is 0.516. The molecule has 3 rings (SSSR count). The summed E-state index contributed by atoms with van der Waals surface area (Å²) in [7, 11) is 1.84. The van der Waals surface area contributed by atoms with Crippen LogP contribution in [0.25, 0.3) is 5.69 Å². The summed E-state index contributed by atoms with van der Waals surface area (Å²) in [5.74, 6) is -1.38. The van der Waals surface area contributed by atoms with Gasteiger partial charge in [-0.25, -0.2) is 13.5 Å². The fourth-order valence-corrected chi connectivity index (χ4v) is 3.54. The molecule has 1 saturated heterocycles. The van der Waals surface area contributed by atoms with Gasteiger partial charge in [0, 0.05) is 44.7 Å². The first-order valence-corrected chi connectivity index (χ1v) is 10.6. The minimum atomic E-state index is -0.717.